The van der Waals surface area contributed by atoms with E-state index in [2.05, 4.69) is 25.2 Å². The first-order valence-corrected chi connectivity index (χ1v) is 7.18. The van der Waals surface area contributed by atoms with Gasteiger partial charge in [0.15, 0.2) is 0 Å². The number of hydrogen-bond acceptors (Lipinski definition) is 2. The third-order valence-corrected chi connectivity index (χ3v) is 3.56. The summed E-state index contributed by atoms with van der Waals surface area (Å²) in [6, 6.07) is 11.6. The fourth-order valence-electron chi connectivity index (χ4n) is 2.32. The van der Waals surface area contributed by atoms with Crippen LogP contribution in [0.3, 0.4) is 0 Å². The van der Waals surface area contributed by atoms with E-state index in [1.54, 1.807) is 20.1 Å². The van der Waals surface area contributed by atoms with Gasteiger partial charge in [-0.3, -0.25) is 0 Å². The summed E-state index contributed by atoms with van der Waals surface area (Å²) in [5.41, 5.74) is 3.68. The Morgan fingerprint density at radius 1 is 1.19 bits per heavy atom. The average Bonchev–Trinajstić information content (AvgIpc) is 2.47. The summed E-state index contributed by atoms with van der Waals surface area (Å²) in [5, 5.41) is 3.39. The third-order valence-electron chi connectivity index (χ3n) is 3.56. The highest BCUT2D eigenvalue weighted by molar-refractivity contribution is 5.69. The Morgan fingerprint density at radius 3 is 2.62 bits per heavy atom. The molecule has 0 radical (unpaired) electrons. The standard InChI is InChI=1S/C18H22FNO/c1-12(2)20-11-15-10-14(8-9-18(15)21-4)16-6-5-7-17(19)13(16)3/h5-10,12,20H,11H2,1-4H3. The molecule has 2 aromatic rings. The first kappa shape index (κ1) is 15.5. The predicted molar refractivity (Wildman–Crippen MR) is 85.1 cm³/mol. The molecule has 2 nitrogen and oxygen atoms in total. The molecule has 0 spiro atoms. The SMILES string of the molecule is COc1ccc(-c2cccc(F)c2C)cc1CNC(C)C. The maximum Gasteiger partial charge on any atom is 0.126 e. The van der Waals surface area contributed by atoms with E-state index in [0.29, 0.717) is 11.6 Å². The quantitative estimate of drug-likeness (QED) is 0.885. The number of rotatable bonds is 5. The molecule has 0 atom stereocenters. The number of nitrogens with one attached hydrogen (secondary N) is 1. The summed E-state index contributed by atoms with van der Waals surface area (Å²) in [5.74, 6) is 0.672. The summed E-state index contributed by atoms with van der Waals surface area (Å²) in [7, 11) is 1.67. The first-order chi connectivity index (χ1) is 10.0. The maximum absolute atomic E-state index is 13.7. The topological polar surface area (TPSA) is 21.3 Å². The Hall–Kier alpha value is -1.87. The van der Waals surface area contributed by atoms with Crippen molar-refractivity contribution < 1.29 is 9.13 Å². The first-order valence-electron chi connectivity index (χ1n) is 7.18. The molecule has 2 aromatic carbocycles. The van der Waals surface area contributed by atoms with E-state index in [-0.39, 0.29) is 5.82 Å². The third kappa shape index (κ3) is 3.61. The largest absolute Gasteiger partial charge is 0.496 e. The van der Waals surface area contributed by atoms with E-state index in [1.807, 2.05) is 18.2 Å². The van der Waals surface area contributed by atoms with Crippen molar-refractivity contribution in [2.24, 2.45) is 0 Å². The van der Waals surface area contributed by atoms with Crippen molar-refractivity contribution in [3.8, 4) is 16.9 Å². The lowest BCUT2D eigenvalue weighted by molar-refractivity contribution is 0.406. The van der Waals surface area contributed by atoms with Gasteiger partial charge in [0, 0.05) is 18.2 Å². The van der Waals surface area contributed by atoms with Gasteiger partial charge in [-0.25, -0.2) is 4.39 Å². The second-order valence-corrected chi connectivity index (χ2v) is 5.47. The van der Waals surface area contributed by atoms with Gasteiger partial charge in [-0.05, 0) is 41.8 Å². The van der Waals surface area contributed by atoms with Gasteiger partial charge in [0.2, 0.25) is 0 Å². The molecule has 0 heterocycles. The van der Waals surface area contributed by atoms with Crippen LogP contribution >= 0.6 is 0 Å². The van der Waals surface area contributed by atoms with Crippen molar-refractivity contribution in [2.45, 2.75) is 33.4 Å². The molecule has 0 amide bonds. The minimum absolute atomic E-state index is 0.176. The molecule has 2 rings (SSSR count). The Balaban J connectivity index is 2.41. The summed E-state index contributed by atoms with van der Waals surface area (Å²) in [6.45, 7) is 6.74. The lowest BCUT2D eigenvalue weighted by atomic mass is 9.98. The van der Waals surface area contributed by atoms with E-state index < -0.39 is 0 Å². The zero-order chi connectivity index (χ0) is 15.4. The monoisotopic (exact) mass is 287 g/mol. The molecule has 0 unspecified atom stereocenters. The highest BCUT2D eigenvalue weighted by Crippen LogP contribution is 2.29. The van der Waals surface area contributed by atoms with Gasteiger partial charge in [0.05, 0.1) is 7.11 Å². The van der Waals surface area contributed by atoms with Gasteiger partial charge in [0.1, 0.15) is 11.6 Å². The summed E-state index contributed by atoms with van der Waals surface area (Å²) in [6.07, 6.45) is 0. The van der Waals surface area contributed by atoms with Crippen LogP contribution in [0.2, 0.25) is 0 Å². The minimum atomic E-state index is -0.176. The molecule has 0 aromatic heterocycles. The Morgan fingerprint density at radius 2 is 1.95 bits per heavy atom. The lowest BCUT2D eigenvalue weighted by Crippen LogP contribution is -2.22. The highest BCUT2D eigenvalue weighted by atomic mass is 19.1. The summed E-state index contributed by atoms with van der Waals surface area (Å²) < 4.78 is 19.1. The van der Waals surface area contributed by atoms with Crippen molar-refractivity contribution >= 4 is 0 Å². The molecule has 0 aliphatic carbocycles. The van der Waals surface area contributed by atoms with Crippen LogP contribution in [-0.4, -0.2) is 13.2 Å². The van der Waals surface area contributed by atoms with Gasteiger partial charge in [-0.15, -0.1) is 0 Å². The summed E-state index contributed by atoms with van der Waals surface area (Å²) in [4.78, 5) is 0. The number of hydrogen-bond donors (Lipinski definition) is 1. The minimum Gasteiger partial charge on any atom is -0.496 e. The van der Waals surface area contributed by atoms with Crippen LogP contribution in [0.25, 0.3) is 11.1 Å². The number of benzene rings is 2. The van der Waals surface area contributed by atoms with E-state index in [0.717, 1.165) is 29.0 Å². The molecular weight excluding hydrogens is 265 g/mol. The molecule has 0 fully saturated rings. The molecule has 0 saturated heterocycles. The second kappa shape index (κ2) is 6.72. The fraction of sp³-hybridized carbons (Fsp3) is 0.333. The van der Waals surface area contributed by atoms with Crippen molar-refractivity contribution in [2.75, 3.05) is 7.11 Å². The van der Waals surface area contributed by atoms with Crippen LogP contribution in [0.5, 0.6) is 5.75 Å². The van der Waals surface area contributed by atoms with Gasteiger partial charge >= 0.3 is 0 Å². The number of ether oxygens (including phenoxy) is 1. The normalized spacial score (nSPS) is 11.0. The fourth-order valence-corrected chi connectivity index (χ4v) is 2.32. The van der Waals surface area contributed by atoms with Crippen molar-refractivity contribution in [1.29, 1.82) is 0 Å². The molecule has 3 heteroatoms. The van der Waals surface area contributed by atoms with E-state index >= 15 is 0 Å². The maximum atomic E-state index is 13.7. The van der Waals surface area contributed by atoms with Crippen molar-refractivity contribution in [3.05, 3.63) is 53.3 Å². The highest BCUT2D eigenvalue weighted by Gasteiger charge is 2.10. The van der Waals surface area contributed by atoms with Gasteiger partial charge in [-0.1, -0.05) is 32.0 Å². The zero-order valence-corrected chi connectivity index (χ0v) is 13.0. The van der Waals surface area contributed by atoms with Gasteiger partial charge in [-0.2, -0.15) is 0 Å². The van der Waals surface area contributed by atoms with Gasteiger partial charge < -0.3 is 10.1 Å². The van der Waals surface area contributed by atoms with E-state index in [4.69, 9.17) is 4.74 Å². The van der Waals surface area contributed by atoms with Crippen LogP contribution in [-0.2, 0) is 6.54 Å². The van der Waals surface area contributed by atoms with E-state index in [9.17, 15) is 4.39 Å². The van der Waals surface area contributed by atoms with Crippen LogP contribution in [0, 0.1) is 12.7 Å². The second-order valence-electron chi connectivity index (χ2n) is 5.47. The molecule has 0 aliphatic rings. The van der Waals surface area contributed by atoms with Crippen LogP contribution < -0.4 is 10.1 Å². The average molecular weight is 287 g/mol. The van der Waals surface area contributed by atoms with Gasteiger partial charge in [0.25, 0.3) is 0 Å². The zero-order valence-electron chi connectivity index (χ0n) is 13.0. The summed E-state index contributed by atoms with van der Waals surface area (Å²) >= 11 is 0. The molecule has 0 saturated carbocycles. The molecular formula is C18H22FNO. The Bertz CT molecular complexity index is 623. The van der Waals surface area contributed by atoms with Crippen LogP contribution in [0.4, 0.5) is 4.39 Å². The molecule has 0 aliphatic heterocycles. The van der Waals surface area contributed by atoms with Crippen LogP contribution in [0.1, 0.15) is 25.0 Å². The van der Waals surface area contributed by atoms with Crippen molar-refractivity contribution in [3.63, 3.8) is 0 Å². The van der Waals surface area contributed by atoms with Crippen LogP contribution in [0.15, 0.2) is 36.4 Å². The Labute approximate surface area is 126 Å². The molecule has 21 heavy (non-hydrogen) atoms. The van der Waals surface area contributed by atoms with Crippen molar-refractivity contribution in [1.82, 2.24) is 5.32 Å². The number of halogens is 1. The number of methoxy groups -OCH3 is 1. The van der Waals surface area contributed by atoms with E-state index in [1.165, 1.54) is 6.07 Å². The molecule has 112 valence electrons. The molecule has 1 N–H and O–H groups in total. The predicted octanol–water partition coefficient (Wildman–Crippen LogP) is 4.31. The lowest BCUT2D eigenvalue weighted by Gasteiger charge is -2.14. The Kier molecular flexibility index (Phi) is 4.97. The molecule has 0 bridgehead atoms. The smallest absolute Gasteiger partial charge is 0.126 e.